The first kappa shape index (κ1) is 18.8. The minimum absolute atomic E-state index is 0.00399. The van der Waals surface area contributed by atoms with Crippen LogP contribution in [0.25, 0.3) is 0 Å². The summed E-state index contributed by atoms with van der Waals surface area (Å²) in [5.74, 6) is -1.20. The molecule has 2 fully saturated rings. The van der Waals surface area contributed by atoms with Crippen molar-refractivity contribution in [1.29, 1.82) is 0 Å². The highest BCUT2D eigenvalue weighted by atomic mass is 16.6. The van der Waals surface area contributed by atoms with Crippen molar-refractivity contribution in [3.05, 3.63) is 39.9 Å². The Hall–Kier alpha value is -2.97. The number of amides is 3. The van der Waals surface area contributed by atoms with Gasteiger partial charge in [-0.2, -0.15) is 0 Å². The second-order valence-electron chi connectivity index (χ2n) is 6.99. The largest absolute Gasteiger partial charge is 0.459 e. The molecule has 1 heterocycles. The number of nitro benzene ring substituents is 1. The number of imide groups is 1. The Bertz CT molecular complexity index is 795. The van der Waals surface area contributed by atoms with Gasteiger partial charge in [0.25, 0.3) is 11.6 Å². The second-order valence-corrected chi connectivity index (χ2v) is 6.99. The monoisotopic (exact) mass is 375 g/mol. The smallest absolute Gasteiger partial charge is 0.326 e. The van der Waals surface area contributed by atoms with E-state index in [2.05, 4.69) is 5.32 Å². The minimum atomic E-state index is -0.937. The summed E-state index contributed by atoms with van der Waals surface area (Å²) >= 11 is 0. The Labute approximate surface area is 155 Å². The summed E-state index contributed by atoms with van der Waals surface area (Å²) in [6.07, 6.45) is 3.23. The third kappa shape index (κ3) is 3.49. The number of rotatable bonds is 5. The van der Waals surface area contributed by atoms with Gasteiger partial charge in [0.1, 0.15) is 18.7 Å². The summed E-state index contributed by atoms with van der Waals surface area (Å²) in [6, 6.07) is 5.31. The van der Waals surface area contributed by atoms with Crippen LogP contribution in [0.5, 0.6) is 0 Å². The van der Waals surface area contributed by atoms with E-state index in [-0.39, 0.29) is 23.8 Å². The quantitative estimate of drug-likeness (QED) is 0.364. The van der Waals surface area contributed by atoms with E-state index in [4.69, 9.17) is 4.74 Å². The molecule has 9 nitrogen and oxygen atoms in total. The number of benzene rings is 1. The summed E-state index contributed by atoms with van der Waals surface area (Å²) in [5.41, 5.74) is -0.853. The average molecular weight is 375 g/mol. The predicted molar refractivity (Wildman–Crippen MR) is 93.5 cm³/mol. The van der Waals surface area contributed by atoms with Crippen molar-refractivity contribution in [2.24, 2.45) is 5.92 Å². The van der Waals surface area contributed by atoms with E-state index in [9.17, 15) is 24.5 Å². The van der Waals surface area contributed by atoms with Crippen LogP contribution in [0.1, 0.15) is 38.2 Å². The molecule has 9 heteroatoms. The Balaban J connectivity index is 1.64. The number of para-hydroxylation sites is 1. The molecular weight excluding hydrogens is 354 g/mol. The molecule has 27 heavy (non-hydrogen) atoms. The van der Waals surface area contributed by atoms with Gasteiger partial charge in [0, 0.05) is 6.07 Å². The van der Waals surface area contributed by atoms with E-state index in [1.807, 2.05) is 6.92 Å². The number of nitrogens with zero attached hydrogens (tertiary/aromatic N) is 2. The number of carbonyl (C=O) groups is 3. The highest BCUT2D eigenvalue weighted by Crippen LogP contribution is 2.38. The maximum Gasteiger partial charge on any atom is 0.326 e. The number of esters is 1. The molecule has 0 aromatic heterocycles. The number of nitrogens with one attached hydrogen (secondary N) is 1. The van der Waals surface area contributed by atoms with E-state index in [1.165, 1.54) is 18.2 Å². The number of nitro groups is 1. The Kier molecular flexibility index (Phi) is 5.11. The van der Waals surface area contributed by atoms with Crippen molar-refractivity contribution >= 4 is 23.6 Å². The lowest BCUT2D eigenvalue weighted by Gasteiger charge is -2.36. The molecule has 2 atom stereocenters. The van der Waals surface area contributed by atoms with Gasteiger partial charge >= 0.3 is 12.0 Å². The van der Waals surface area contributed by atoms with E-state index in [0.717, 1.165) is 24.2 Å². The molecule has 0 unspecified atom stereocenters. The molecule has 1 saturated heterocycles. The summed E-state index contributed by atoms with van der Waals surface area (Å²) < 4.78 is 5.06. The first-order valence-corrected chi connectivity index (χ1v) is 8.87. The highest BCUT2D eigenvalue weighted by molar-refractivity contribution is 6.08. The fourth-order valence-corrected chi connectivity index (χ4v) is 3.78. The van der Waals surface area contributed by atoms with Gasteiger partial charge in [-0.05, 0) is 24.8 Å². The van der Waals surface area contributed by atoms with Gasteiger partial charge in [-0.3, -0.25) is 24.6 Å². The molecule has 0 radical (unpaired) electrons. The number of hydrogen-bond donors (Lipinski definition) is 1. The topological polar surface area (TPSA) is 119 Å². The maximum absolute atomic E-state index is 12.8. The van der Waals surface area contributed by atoms with Crippen LogP contribution in [0, 0.1) is 16.0 Å². The van der Waals surface area contributed by atoms with Crippen LogP contribution in [0.3, 0.4) is 0 Å². The van der Waals surface area contributed by atoms with Crippen LogP contribution in [0.4, 0.5) is 10.5 Å². The third-order valence-electron chi connectivity index (χ3n) is 5.37. The highest BCUT2D eigenvalue weighted by Gasteiger charge is 2.55. The van der Waals surface area contributed by atoms with Gasteiger partial charge in [0.05, 0.1) is 10.5 Å². The number of urea groups is 1. The third-order valence-corrected chi connectivity index (χ3v) is 5.37. The van der Waals surface area contributed by atoms with Crippen molar-refractivity contribution in [1.82, 2.24) is 10.2 Å². The summed E-state index contributed by atoms with van der Waals surface area (Å²) in [5, 5.41) is 13.8. The maximum atomic E-state index is 12.8. The molecule has 0 bridgehead atoms. The molecule has 1 N–H and O–H groups in total. The Morgan fingerprint density at radius 1 is 1.37 bits per heavy atom. The van der Waals surface area contributed by atoms with Gasteiger partial charge in [-0.15, -0.1) is 0 Å². The second kappa shape index (κ2) is 7.34. The molecule has 1 aliphatic heterocycles. The van der Waals surface area contributed by atoms with Crippen LogP contribution >= 0.6 is 0 Å². The molecule has 3 rings (SSSR count). The van der Waals surface area contributed by atoms with Crippen LogP contribution in [0.2, 0.25) is 0 Å². The Morgan fingerprint density at radius 2 is 2.11 bits per heavy atom. The molecule has 144 valence electrons. The summed E-state index contributed by atoms with van der Waals surface area (Å²) in [4.78, 5) is 48.5. The first-order valence-electron chi connectivity index (χ1n) is 8.87. The fraction of sp³-hybridized carbons (Fsp3) is 0.500. The zero-order chi connectivity index (χ0) is 19.6. The van der Waals surface area contributed by atoms with E-state index in [0.29, 0.717) is 6.42 Å². The van der Waals surface area contributed by atoms with Crippen molar-refractivity contribution in [2.75, 3.05) is 6.54 Å². The average Bonchev–Trinajstić information content (AvgIpc) is 2.87. The zero-order valence-electron chi connectivity index (χ0n) is 15.0. The van der Waals surface area contributed by atoms with E-state index >= 15 is 0 Å². The number of ether oxygens (including phenoxy) is 1. The zero-order valence-corrected chi connectivity index (χ0v) is 15.0. The predicted octanol–water partition coefficient (Wildman–Crippen LogP) is 2.14. The van der Waals surface area contributed by atoms with Crippen LogP contribution < -0.4 is 5.32 Å². The fourth-order valence-electron chi connectivity index (χ4n) is 3.78. The molecule has 1 aliphatic carbocycles. The van der Waals surface area contributed by atoms with Gasteiger partial charge < -0.3 is 10.1 Å². The van der Waals surface area contributed by atoms with Crippen molar-refractivity contribution < 1.29 is 24.0 Å². The van der Waals surface area contributed by atoms with Gasteiger partial charge in [0.15, 0.2) is 0 Å². The molecule has 1 spiro atoms. The van der Waals surface area contributed by atoms with Crippen LogP contribution in [0.15, 0.2) is 24.3 Å². The lowest BCUT2D eigenvalue weighted by atomic mass is 9.73. The normalized spacial score (nSPS) is 24.8. The molecule has 1 saturated carbocycles. The Morgan fingerprint density at radius 3 is 2.81 bits per heavy atom. The van der Waals surface area contributed by atoms with Crippen LogP contribution in [-0.2, 0) is 20.9 Å². The van der Waals surface area contributed by atoms with E-state index < -0.39 is 34.9 Å². The summed E-state index contributed by atoms with van der Waals surface area (Å²) in [6.45, 7) is 1.11. The minimum Gasteiger partial charge on any atom is -0.459 e. The lowest BCUT2D eigenvalue weighted by Crippen LogP contribution is -2.54. The van der Waals surface area contributed by atoms with Crippen molar-refractivity contribution in [3.63, 3.8) is 0 Å². The summed E-state index contributed by atoms with van der Waals surface area (Å²) in [7, 11) is 0. The van der Waals surface area contributed by atoms with Gasteiger partial charge in [0.2, 0.25) is 0 Å². The standard InChI is InChI=1S/C18H21N3O6/c1-12-6-4-5-9-18(12)16(23)20(17(24)19-18)10-15(22)27-11-13-7-2-3-8-14(13)21(25)26/h2-3,7-8,12H,4-6,9-11H2,1H3,(H,19,24)/t12-,18+/m1/s1. The number of carbonyl (C=O) groups excluding carboxylic acids is 3. The van der Waals surface area contributed by atoms with Crippen LogP contribution in [-0.4, -0.2) is 39.8 Å². The number of hydrogen-bond acceptors (Lipinski definition) is 6. The van der Waals surface area contributed by atoms with E-state index in [1.54, 1.807) is 6.07 Å². The van der Waals surface area contributed by atoms with Gasteiger partial charge in [-0.1, -0.05) is 31.9 Å². The SMILES string of the molecule is C[C@@H]1CCCC[C@]12NC(=O)N(CC(=O)OCc1ccccc1[N+](=O)[O-])C2=O. The molecule has 2 aliphatic rings. The van der Waals surface area contributed by atoms with Gasteiger partial charge in [-0.25, -0.2) is 4.79 Å². The van der Waals surface area contributed by atoms with Crippen molar-refractivity contribution in [3.8, 4) is 0 Å². The lowest BCUT2D eigenvalue weighted by molar-refractivity contribution is -0.385. The van der Waals surface area contributed by atoms with Crippen molar-refractivity contribution in [2.45, 2.75) is 44.8 Å². The first-order chi connectivity index (χ1) is 12.8. The molecule has 3 amide bonds. The molecule has 1 aromatic rings. The molecular formula is C18H21N3O6. The molecule has 1 aromatic carbocycles.